The third kappa shape index (κ3) is 2.60. The fourth-order valence-electron chi connectivity index (χ4n) is 2.33. The maximum Gasteiger partial charge on any atom is 0.293 e. The molecule has 1 saturated heterocycles. The molecule has 112 valence electrons. The lowest BCUT2D eigenvalue weighted by molar-refractivity contribution is 0.192. The maximum absolute atomic E-state index is 5.61. The van der Waals surface area contributed by atoms with Crippen molar-refractivity contribution >= 4 is 0 Å². The smallest absolute Gasteiger partial charge is 0.293 e. The zero-order valence-corrected chi connectivity index (χ0v) is 11.8. The Morgan fingerprint density at radius 2 is 2.00 bits per heavy atom. The second kappa shape index (κ2) is 5.65. The van der Waals surface area contributed by atoms with Crippen LogP contribution in [0.5, 0.6) is 11.7 Å². The Morgan fingerprint density at radius 1 is 1.09 bits per heavy atom. The predicted octanol–water partition coefficient (Wildman–Crippen LogP) is 3.63. The van der Waals surface area contributed by atoms with Crippen LogP contribution in [0.2, 0.25) is 0 Å². The summed E-state index contributed by atoms with van der Waals surface area (Å²) >= 11 is 0. The predicted molar refractivity (Wildman–Crippen MR) is 76.7 cm³/mol. The normalized spacial score (nSPS) is 17.7. The van der Waals surface area contributed by atoms with Crippen molar-refractivity contribution in [2.75, 3.05) is 13.2 Å². The minimum Gasteiger partial charge on any atom is -0.426 e. The van der Waals surface area contributed by atoms with E-state index in [0.29, 0.717) is 35.8 Å². The van der Waals surface area contributed by atoms with Crippen LogP contribution in [-0.2, 0) is 4.74 Å². The van der Waals surface area contributed by atoms with E-state index in [1.807, 2.05) is 30.3 Å². The molecule has 3 heterocycles. The van der Waals surface area contributed by atoms with Crippen molar-refractivity contribution in [1.82, 2.24) is 10.1 Å². The molecular weight excluding hydrogens is 284 g/mol. The Balaban J connectivity index is 1.51. The van der Waals surface area contributed by atoms with Crippen LogP contribution in [0.1, 0.15) is 18.2 Å². The number of aromatic nitrogens is 2. The fraction of sp³-hybridized carbons (Fsp3) is 0.250. The molecule has 0 spiro atoms. The number of hydrogen-bond donors (Lipinski definition) is 0. The van der Waals surface area contributed by atoms with Gasteiger partial charge in [0.25, 0.3) is 11.8 Å². The van der Waals surface area contributed by atoms with Crippen LogP contribution >= 0.6 is 0 Å². The van der Waals surface area contributed by atoms with Crippen molar-refractivity contribution in [3.63, 3.8) is 0 Å². The van der Waals surface area contributed by atoms with Crippen molar-refractivity contribution in [3.05, 3.63) is 48.3 Å². The number of benzene rings is 1. The Kier molecular flexibility index (Phi) is 3.36. The van der Waals surface area contributed by atoms with Gasteiger partial charge in [-0.2, -0.15) is 4.98 Å². The number of hydrogen-bond acceptors (Lipinski definition) is 6. The summed E-state index contributed by atoms with van der Waals surface area (Å²) in [7, 11) is 0. The SMILES string of the molecule is c1ccc(Oc2ccc(-c3nc([C@@H]4CCOC4)no3)o2)cc1. The summed E-state index contributed by atoms with van der Waals surface area (Å²) in [6.07, 6.45) is 0.916. The molecule has 0 N–H and O–H groups in total. The number of para-hydroxylation sites is 1. The molecule has 4 rings (SSSR count). The van der Waals surface area contributed by atoms with Crippen LogP contribution in [0.25, 0.3) is 11.7 Å². The molecular formula is C16H14N2O4. The molecule has 22 heavy (non-hydrogen) atoms. The second-order valence-electron chi connectivity index (χ2n) is 5.05. The van der Waals surface area contributed by atoms with Crippen molar-refractivity contribution in [2.24, 2.45) is 0 Å². The van der Waals surface area contributed by atoms with E-state index in [4.69, 9.17) is 18.4 Å². The monoisotopic (exact) mass is 298 g/mol. The van der Waals surface area contributed by atoms with Gasteiger partial charge in [-0.15, -0.1) is 0 Å². The highest BCUT2D eigenvalue weighted by Gasteiger charge is 2.24. The van der Waals surface area contributed by atoms with Gasteiger partial charge < -0.3 is 18.4 Å². The first-order valence-corrected chi connectivity index (χ1v) is 7.13. The lowest BCUT2D eigenvalue weighted by Crippen LogP contribution is -1.99. The van der Waals surface area contributed by atoms with Gasteiger partial charge in [-0.05, 0) is 24.6 Å². The molecule has 0 unspecified atom stereocenters. The molecule has 1 aromatic carbocycles. The average Bonchev–Trinajstić information content (AvgIpc) is 3.29. The highest BCUT2D eigenvalue weighted by atomic mass is 16.6. The van der Waals surface area contributed by atoms with Crippen LogP contribution in [-0.4, -0.2) is 23.4 Å². The minimum atomic E-state index is 0.201. The maximum atomic E-state index is 5.61. The molecule has 6 heteroatoms. The van der Waals surface area contributed by atoms with Gasteiger partial charge in [-0.1, -0.05) is 23.4 Å². The number of rotatable bonds is 4. The van der Waals surface area contributed by atoms with Gasteiger partial charge >= 0.3 is 0 Å². The highest BCUT2D eigenvalue weighted by Crippen LogP contribution is 2.30. The number of ether oxygens (including phenoxy) is 2. The van der Waals surface area contributed by atoms with Crippen LogP contribution in [0.3, 0.4) is 0 Å². The summed E-state index contributed by atoms with van der Waals surface area (Å²) in [6, 6.07) is 12.9. The Hall–Kier alpha value is -2.60. The molecule has 3 aromatic rings. The van der Waals surface area contributed by atoms with E-state index in [0.717, 1.165) is 13.0 Å². The summed E-state index contributed by atoms with van der Waals surface area (Å²) in [5.41, 5.74) is 0. The first kappa shape index (κ1) is 13.1. The van der Waals surface area contributed by atoms with Gasteiger partial charge in [-0.3, -0.25) is 0 Å². The zero-order chi connectivity index (χ0) is 14.8. The van der Waals surface area contributed by atoms with E-state index in [1.54, 1.807) is 12.1 Å². The first-order chi connectivity index (χ1) is 10.9. The molecule has 2 aromatic heterocycles. The molecule has 6 nitrogen and oxygen atoms in total. The Labute approximate surface area is 126 Å². The third-order valence-electron chi connectivity index (χ3n) is 3.49. The number of furan rings is 1. The lowest BCUT2D eigenvalue weighted by atomic mass is 10.1. The van der Waals surface area contributed by atoms with Gasteiger partial charge in [0.1, 0.15) is 5.75 Å². The van der Waals surface area contributed by atoms with E-state index >= 15 is 0 Å². The third-order valence-corrected chi connectivity index (χ3v) is 3.49. The van der Waals surface area contributed by atoms with Gasteiger partial charge in [0.2, 0.25) is 0 Å². The second-order valence-corrected chi connectivity index (χ2v) is 5.05. The molecule has 1 aliphatic rings. The van der Waals surface area contributed by atoms with Crippen LogP contribution in [0.15, 0.2) is 51.4 Å². The van der Waals surface area contributed by atoms with E-state index in [-0.39, 0.29) is 5.92 Å². The van der Waals surface area contributed by atoms with Crippen molar-refractivity contribution in [1.29, 1.82) is 0 Å². The largest absolute Gasteiger partial charge is 0.426 e. The summed E-state index contributed by atoms with van der Waals surface area (Å²) in [4.78, 5) is 4.38. The van der Waals surface area contributed by atoms with E-state index in [1.165, 1.54) is 0 Å². The van der Waals surface area contributed by atoms with Gasteiger partial charge in [0.15, 0.2) is 11.6 Å². The van der Waals surface area contributed by atoms with Crippen LogP contribution in [0, 0.1) is 0 Å². The number of nitrogens with zero attached hydrogens (tertiary/aromatic N) is 2. The van der Waals surface area contributed by atoms with E-state index in [9.17, 15) is 0 Å². The van der Waals surface area contributed by atoms with Crippen molar-refractivity contribution < 1.29 is 18.4 Å². The molecule has 1 aliphatic heterocycles. The molecule has 0 aliphatic carbocycles. The van der Waals surface area contributed by atoms with Crippen LogP contribution < -0.4 is 4.74 Å². The van der Waals surface area contributed by atoms with Gasteiger partial charge in [-0.25, -0.2) is 0 Å². The minimum absolute atomic E-state index is 0.201. The summed E-state index contributed by atoms with van der Waals surface area (Å²) in [5.74, 6) is 2.79. The summed E-state index contributed by atoms with van der Waals surface area (Å²) in [6.45, 7) is 1.38. The average molecular weight is 298 g/mol. The molecule has 0 bridgehead atoms. The molecule has 0 amide bonds. The van der Waals surface area contributed by atoms with Gasteiger partial charge in [0, 0.05) is 18.6 Å². The quantitative estimate of drug-likeness (QED) is 0.732. The van der Waals surface area contributed by atoms with E-state index < -0.39 is 0 Å². The molecule has 1 atom stereocenters. The Bertz CT molecular complexity index is 744. The van der Waals surface area contributed by atoms with Crippen molar-refractivity contribution in [2.45, 2.75) is 12.3 Å². The van der Waals surface area contributed by atoms with Crippen molar-refractivity contribution in [3.8, 4) is 23.3 Å². The van der Waals surface area contributed by atoms with E-state index in [2.05, 4.69) is 10.1 Å². The fourth-order valence-corrected chi connectivity index (χ4v) is 2.33. The zero-order valence-electron chi connectivity index (χ0n) is 11.8. The first-order valence-electron chi connectivity index (χ1n) is 7.13. The Morgan fingerprint density at radius 3 is 2.82 bits per heavy atom. The van der Waals surface area contributed by atoms with Crippen LogP contribution in [0.4, 0.5) is 0 Å². The summed E-state index contributed by atoms with van der Waals surface area (Å²) < 4.78 is 21.8. The molecule has 1 fully saturated rings. The molecule has 0 saturated carbocycles. The van der Waals surface area contributed by atoms with Gasteiger partial charge in [0.05, 0.1) is 6.61 Å². The molecule has 0 radical (unpaired) electrons. The lowest BCUT2D eigenvalue weighted by Gasteiger charge is -2.00. The highest BCUT2D eigenvalue weighted by molar-refractivity contribution is 5.45. The summed E-state index contributed by atoms with van der Waals surface area (Å²) in [5, 5.41) is 4.00. The topological polar surface area (TPSA) is 70.5 Å². The standard InChI is InChI=1S/C16H14N2O4/c1-2-4-12(5-3-1)20-14-7-6-13(21-14)16-17-15(18-22-16)11-8-9-19-10-11/h1-7,11H,8-10H2/t11-/m1/s1.